The molecule has 2 aliphatic rings. The van der Waals surface area contributed by atoms with E-state index in [0.717, 1.165) is 44.5 Å². The molecule has 24 heavy (non-hydrogen) atoms. The number of piperidine rings is 1. The van der Waals surface area contributed by atoms with Crippen molar-refractivity contribution in [3.05, 3.63) is 17.5 Å². The molecule has 6 heteroatoms. The van der Waals surface area contributed by atoms with E-state index in [9.17, 15) is 4.79 Å². The zero-order valence-electron chi connectivity index (χ0n) is 15.2. The van der Waals surface area contributed by atoms with Crippen LogP contribution >= 0.6 is 0 Å². The van der Waals surface area contributed by atoms with E-state index in [4.69, 9.17) is 4.74 Å². The van der Waals surface area contributed by atoms with E-state index < -0.39 is 0 Å². The van der Waals surface area contributed by atoms with Gasteiger partial charge in [0.2, 0.25) is 0 Å². The van der Waals surface area contributed by atoms with E-state index in [1.807, 2.05) is 32.0 Å². The number of nitrogens with zero attached hydrogens (tertiary/aromatic N) is 4. The molecule has 1 amide bonds. The Balaban J connectivity index is 1.44. The van der Waals surface area contributed by atoms with E-state index in [0.29, 0.717) is 11.6 Å². The number of hydrogen-bond acceptors (Lipinski definition) is 4. The van der Waals surface area contributed by atoms with Crippen LogP contribution in [0.25, 0.3) is 0 Å². The molecule has 0 N–H and O–H groups in total. The maximum absolute atomic E-state index is 12.5. The van der Waals surface area contributed by atoms with Gasteiger partial charge in [0.25, 0.3) is 5.91 Å². The molecular weight excluding hydrogens is 304 g/mol. The first kappa shape index (κ1) is 17.4. The third-order valence-electron chi connectivity index (χ3n) is 5.46. The minimum atomic E-state index is 0.0317. The topological polar surface area (TPSA) is 50.6 Å². The fourth-order valence-electron chi connectivity index (χ4n) is 3.77. The van der Waals surface area contributed by atoms with E-state index >= 15 is 0 Å². The van der Waals surface area contributed by atoms with Gasteiger partial charge in [-0.3, -0.25) is 9.48 Å². The molecule has 2 saturated heterocycles. The van der Waals surface area contributed by atoms with Crippen LogP contribution in [0, 0.1) is 18.8 Å². The van der Waals surface area contributed by atoms with Gasteiger partial charge in [-0.25, -0.2) is 0 Å². The van der Waals surface area contributed by atoms with E-state index in [-0.39, 0.29) is 5.91 Å². The molecule has 3 heterocycles. The van der Waals surface area contributed by atoms with Gasteiger partial charge < -0.3 is 14.5 Å². The number of amides is 1. The first-order valence-corrected chi connectivity index (χ1v) is 9.09. The Morgan fingerprint density at radius 3 is 2.67 bits per heavy atom. The Morgan fingerprint density at radius 2 is 2.08 bits per heavy atom. The number of carbonyl (C=O) groups excluding carboxylic acids is 1. The molecule has 0 aliphatic carbocycles. The summed E-state index contributed by atoms with van der Waals surface area (Å²) >= 11 is 0. The molecule has 1 aromatic rings. The molecule has 0 bridgehead atoms. The Morgan fingerprint density at radius 1 is 1.33 bits per heavy atom. The van der Waals surface area contributed by atoms with E-state index in [2.05, 4.69) is 10.00 Å². The van der Waals surface area contributed by atoms with E-state index in [1.54, 1.807) is 4.68 Å². The summed E-state index contributed by atoms with van der Waals surface area (Å²) < 4.78 is 7.23. The Hall–Kier alpha value is -1.40. The third kappa shape index (κ3) is 4.16. The van der Waals surface area contributed by atoms with Crippen molar-refractivity contribution < 1.29 is 9.53 Å². The first-order valence-electron chi connectivity index (χ1n) is 9.09. The quantitative estimate of drug-likeness (QED) is 0.820. The van der Waals surface area contributed by atoms with Crippen LogP contribution in [0.15, 0.2) is 6.07 Å². The summed E-state index contributed by atoms with van der Waals surface area (Å²) in [6.45, 7) is 8.12. The number of rotatable bonds is 5. The second-order valence-corrected chi connectivity index (χ2v) is 7.45. The van der Waals surface area contributed by atoms with Crippen molar-refractivity contribution in [1.29, 1.82) is 0 Å². The van der Waals surface area contributed by atoms with Crippen molar-refractivity contribution in [3.63, 3.8) is 0 Å². The van der Waals surface area contributed by atoms with Gasteiger partial charge in [-0.15, -0.1) is 0 Å². The van der Waals surface area contributed by atoms with Gasteiger partial charge in [-0.2, -0.15) is 5.10 Å². The van der Waals surface area contributed by atoms with Crippen LogP contribution in [0.5, 0.6) is 0 Å². The molecule has 2 aliphatic heterocycles. The number of carbonyl (C=O) groups is 1. The van der Waals surface area contributed by atoms with Gasteiger partial charge in [-0.1, -0.05) is 0 Å². The number of hydrogen-bond donors (Lipinski definition) is 0. The average Bonchev–Trinajstić information content (AvgIpc) is 3.19. The highest BCUT2D eigenvalue weighted by Crippen LogP contribution is 2.22. The lowest BCUT2D eigenvalue weighted by molar-refractivity contribution is 0.0725. The van der Waals surface area contributed by atoms with Crippen molar-refractivity contribution in [1.82, 2.24) is 19.6 Å². The van der Waals surface area contributed by atoms with Crippen LogP contribution in [-0.4, -0.2) is 71.9 Å². The van der Waals surface area contributed by atoms with Crippen molar-refractivity contribution in [2.75, 3.05) is 46.4 Å². The van der Waals surface area contributed by atoms with Gasteiger partial charge >= 0.3 is 0 Å². The molecule has 2 fully saturated rings. The number of aromatic nitrogens is 2. The van der Waals surface area contributed by atoms with Crippen LogP contribution in [0.1, 0.15) is 35.4 Å². The summed E-state index contributed by atoms with van der Waals surface area (Å²) in [6.07, 6.45) is 3.56. The fraction of sp³-hybridized carbons (Fsp3) is 0.778. The average molecular weight is 334 g/mol. The Labute approximate surface area is 144 Å². The van der Waals surface area contributed by atoms with Crippen LogP contribution in [-0.2, 0) is 11.8 Å². The molecule has 0 saturated carbocycles. The van der Waals surface area contributed by atoms with Gasteiger partial charge in [-0.05, 0) is 57.2 Å². The summed E-state index contributed by atoms with van der Waals surface area (Å²) in [5, 5.41) is 4.30. The zero-order chi connectivity index (χ0) is 17.1. The molecular formula is C18H30N4O2. The molecule has 1 unspecified atom stereocenters. The highest BCUT2D eigenvalue weighted by molar-refractivity contribution is 5.92. The smallest absolute Gasteiger partial charge is 0.274 e. The lowest BCUT2D eigenvalue weighted by atomic mass is 9.95. The summed E-state index contributed by atoms with van der Waals surface area (Å²) in [4.78, 5) is 16.9. The highest BCUT2D eigenvalue weighted by Gasteiger charge is 2.26. The maximum Gasteiger partial charge on any atom is 0.274 e. The Kier molecular flexibility index (Phi) is 5.56. The molecule has 6 nitrogen and oxygen atoms in total. The summed E-state index contributed by atoms with van der Waals surface area (Å²) in [5.41, 5.74) is 1.56. The number of likely N-dealkylation sites (tertiary alicyclic amines) is 1. The summed E-state index contributed by atoms with van der Waals surface area (Å²) in [5.74, 6) is 1.35. The van der Waals surface area contributed by atoms with Crippen molar-refractivity contribution >= 4 is 5.91 Å². The Bertz CT molecular complexity index is 538. The molecule has 0 radical (unpaired) electrons. The molecule has 134 valence electrons. The lowest BCUT2D eigenvalue weighted by Crippen LogP contribution is -2.41. The lowest BCUT2D eigenvalue weighted by Gasteiger charge is -2.34. The standard InChI is InChI=1S/C18H30N4O2/c1-14-10-17(19-21(14)3)18(23)20(2)11-15-4-7-22(8-5-15)12-16-6-9-24-13-16/h10,15-16H,4-9,11-13H2,1-3H3. The van der Waals surface area contributed by atoms with Crippen LogP contribution in [0.3, 0.4) is 0 Å². The summed E-state index contributed by atoms with van der Waals surface area (Å²) in [7, 11) is 3.77. The second kappa shape index (κ2) is 7.66. The van der Waals surface area contributed by atoms with Crippen LogP contribution in [0.2, 0.25) is 0 Å². The molecule has 1 atom stereocenters. The van der Waals surface area contributed by atoms with Gasteiger partial charge in [0.1, 0.15) is 0 Å². The third-order valence-corrected chi connectivity index (χ3v) is 5.46. The maximum atomic E-state index is 12.5. The molecule has 1 aromatic heterocycles. The highest BCUT2D eigenvalue weighted by atomic mass is 16.5. The van der Waals surface area contributed by atoms with Gasteiger partial charge in [0.05, 0.1) is 6.61 Å². The second-order valence-electron chi connectivity index (χ2n) is 7.45. The van der Waals surface area contributed by atoms with Crippen molar-refractivity contribution in [2.45, 2.75) is 26.2 Å². The number of aryl methyl sites for hydroxylation is 2. The van der Waals surface area contributed by atoms with Crippen molar-refractivity contribution in [3.8, 4) is 0 Å². The normalized spacial score (nSPS) is 22.9. The van der Waals surface area contributed by atoms with E-state index in [1.165, 1.54) is 25.8 Å². The van der Waals surface area contributed by atoms with Crippen molar-refractivity contribution in [2.24, 2.45) is 18.9 Å². The minimum Gasteiger partial charge on any atom is -0.381 e. The summed E-state index contributed by atoms with van der Waals surface area (Å²) in [6, 6.07) is 1.87. The fourth-order valence-corrected chi connectivity index (χ4v) is 3.77. The van der Waals surface area contributed by atoms with Crippen LogP contribution < -0.4 is 0 Å². The molecule has 0 aromatic carbocycles. The first-order chi connectivity index (χ1) is 11.5. The monoisotopic (exact) mass is 334 g/mol. The van der Waals surface area contributed by atoms with Gasteiger partial charge in [0.15, 0.2) is 5.69 Å². The predicted molar refractivity (Wildman–Crippen MR) is 93.0 cm³/mol. The number of ether oxygens (including phenoxy) is 1. The predicted octanol–water partition coefficient (Wildman–Crippen LogP) is 1.55. The van der Waals surface area contributed by atoms with Gasteiger partial charge in [0, 0.05) is 39.5 Å². The minimum absolute atomic E-state index is 0.0317. The SMILES string of the molecule is Cc1cc(C(=O)N(C)CC2CCN(CC3CCOC3)CC2)nn1C. The molecule has 3 rings (SSSR count). The van der Waals surface area contributed by atoms with Crippen LogP contribution in [0.4, 0.5) is 0 Å². The molecule has 0 spiro atoms. The zero-order valence-corrected chi connectivity index (χ0v) is 15.2. The largest absolute Gasteiger partial charge is 0.381 e.